The third kappa shape index (κ3) is 3.28. The van der Waals surface area contributed by atoms with Crippen molar-refractivity contribution in [3.05, 3.63) is 0 Å². The van der Waals surface area contributed by atoms with Crippen LogP contribution in [0, 0.1) is 17.8 Å². The fourth-order valence-electron chi connectivity index (χ4n) is 1.44. The average Bonchev–Trinajstić information content (AvgIpc) is 1.85. The fraction of sp³-hybridized carbons (Fsp3) is 0.889. The molecule has 0 aromatic heterocycles. The minimum Gasteiger partial charge on any atom is -0.287 e. The average molecular weight is 174 g/mol. The molecule has 0 aliphatic rings. The lowest BCUT2D eigenvalue weighted by Crippen LogP contribution is -2.23. The smallest absolute Gasteiger partial charge is 0.189 e. The Morgan fingerprint density at radius 3 is 1.91 bits per heavy atom. The summed E-state index contributed by atoms with van der Waals surface area (Å²) >= 11 is 3.89. The number of thiol groups is 1. The summed E-state index contributed by atoms with van der Waals surface area (Å²) in [7, 11) is 0. The highest BCUT2D eigenvalue weighted by molar-refractivity contribution is 7.96. The van der Waals surface area contributed by atoms with Gasteiger partial charge in [-0.3, -0.25) is 4.79 Å². The van der Waals surface area contributed by atoms with E-state index in [2.05, 4.69) is 40.3 Å². The second-order valence-corrected chi connectivity index (χ2v) is 3.93. The van der Waals surface area contributed by atoms with Crippen LogP contribution in [-0.2, 0) is 4.79 Å². The molecule has 0 rings (SSSR count). The molecule has 2 atom stereocenters. The van der Waals surface area contributed by atoms with Crippen molar-refractivity contribution in [2.75, 3.05) is 0 Å². The summed E-state index contributed by atoms with van der Waals surface area (Å²) in [4.78, 5) is 11.0. The SMILES string of the molecule is CC[C@H](C)C(C(=O)S)C(C)C. The zero-order chi connectivity index (χ0) is 9.02. The van der Waals surface area contributed by atoms with E-state index < -0.39 is 0 Å². The van der Waals surface area contributed by atoms with E-state index in [1.165, 1.54) is 0 Å². The van der Waals surface area contributed by atoms with E-state index in [-0.39, 0.29) is 11.0 Å². The van der Waals surface area contributed by atoms with Gasteiger partial charge in [-0.2, -0.15) is 0 Å². The Hall–Kier alpha value is 0.0200. The molecule has 0 aliphatic carbocycles. The molecule has 0 aliphatic heterocycles. The van der Waals surface area contributed by atoms with Crippen LogP contribution in [0.1, 0.15) is 34.1 Å². The zero-order valence-corrected chi connectivity index (χ0v) is 8.69. The van der Waals surface area contributed by atoms with Crippen LogP contribution in [0.2, 0.25) is 0 Å². The quantitative estimate of drug-likeness (QED) is 0.648. The van der Waals surface area contributed by atoms with Crippen molar-refractivity contribution < 1.29 is 4.79 Å². The molecule has 0 N–H and O–H groups in total. The van der Waals surface area contributed by atoms with E-state index in [9.17, 15) is 4.79 Å². The summed E-state index contributed by atoms with van der Waals surface area (Å²) < 4.78 is 0. The molecule has 0 aromatic rings. The van der Waals surface area contributed by atoms with Crippen molar-refractivity contribution in [3.8, 4) is 0 Å². The van der Waals surface area contributed by atoms with Crippen LogP contribution in [0.4, 0.5) is 0 Å². The normalized spacial score (nSPS) is 16.5. The maximum absolute atomic E-state index is 11.0. The molecule has 1 nitrogen and oxygen atoms in total. The van der Waals surface area contributed by atoms with Gasteiger partial charge >= 0.3 is 0 Å². The Balaban J connectivity index is 4.21. The summed E-state index contributed by atoms with van der Waals surface area (Å²) in [6, 6.07) is 0. The molecule has 0 aromatic carbocycles. The van der Waals surface area contributed by atoms with Gasteiger partial charge in [0.25, 0.3) is 0 Å². The molecule has 0 amide bonds. The van der Waals surface area contributed by atoms with Crippen LogP contribution in [0.5, 0.6) is 0 Å². The van der Waals surface area contributed by atoms with Crippen LogP contribution >= 0.6 is 12.6 Å². The lowest BCUT2D eigenvalue weighted by Gasteiger charge is -2.22. The molecular weight excluding hydrogens is 156 g/mol. The third-order valence-corrected chi connectivity index (χ3v) is 2.56. The molecule has 2 heteroatoms. The number of rotatable bonds is 4. The van der Waals surface area contributed by atoms with Gasteiger partial charge in [0.05, 0.1) is 0 Å². The van der Waals surface area contributed by atoms with Crippen molar-refractivity contribution in [2.24, 2.45) is 17.8 Å². The molecule has 11 heavy (non-hydrogen) atoms. The molecule has 0 fully saturated rings. The topological polar surface area (TPSA) is 17.1 Å². The maximum atomic E-state index is 11.0. The summed E-state index contributed by atoms with van der Waals surface area (Å²) in [5.74, 6) is 0.998. The predicted molar refractivity (Wildman–Crippen MR) is 51.8 cm³/mol. The van der Waals surface area contributed by atoms with Gasteiger partial charge in [0.1, 0.15) is 0 Å². The van der Waals surface area contributed by atoms with Gasteiger partial charge in [0.2, 0.25) is 0 Å². The van der Waals surface area contributed by atoms with Gasteiger partial charge < -0.3 is 0 Å². The second kappa shape index (κ2) is 4.81. The Morgan fingerprint density at radius 1 is 1.36 bits per heavy atom. The zero-order valence-electron chi connectivity index (χ0n) is 7.79. The van der Waals surface area contributed by atoms with Crippen molar-refractivity contribution in [3.63, 3.8) is 0 Å². The summed E-state index contributed by atoms with van der Waals surface area (Å²) in [5.41, 5.74) is 0. The Kier molecular flexibility index (Phi) is 4.82. The van der Waals surface area contributed by atoms with Gasteiger partial charge in [-0.15, -0.1) is 12.6 Å². The Labute approximate surface area is 75.0 Å². The van der Waals surface area contributed by atoms with E-state index in [1.807, 2.05) is 0 Å². The van der Waals surface area contributed by atoms with E-state index in [4.69, 9.17) is 0 Å². The van der Waals surface area contributed by atoms with E-state index >= 15 is 0 Å². The summed E-state index contributed by atoms with van der Waals surface area (Å²) in [6.07, 6.45) is 1.05. The molecular formula is C9H18OS. The van der Waals surface area contributed by atoms with E-state index in [1.54, 1.807) is 0 Å². The van der Waals surface area contributed by atoms with Crippen LogP contribution in [0.25, 0.3) is 0 Å². The van der Waals surface area contributed by atoms with Gasteiger partial charge in [-0.05, 0) is 11.8 Å². The minimum atomic E-state index is 0.0364. The van der Waals surface area contributed by atoms with Crippen molar-refractivity contribution in [1.29, 1.82) is 0 Å². The van der Waals surface area contributed by atoms with Gasteiger partial charge in [-0.25, -0.2) is 0 Å². The van der Waals surface area contributed by atoms with Crippen LogP contribution < -0.4 is 0 Å². The first-order valence-corrected chi connectivity index (χ1v) is 4.68. The first-order chi connectivity index (χ1) is 5.00. The lowest BCUT2D eigenvalue weighted by atomic mass is 9.84. The first-order valence-electron chi connectivity index (χ1n) is 4.23. The van der Waals surface area contributed by atoms with Crippen LogP contribution in [0.3, 0.4) is 0 Å². The molecule has 0 bridgehead atoms. The van der Waals surface area contributed by atoms with Gasteiger partial charge in [0.15, 0.2) is 5.12 Å². The molecule has 0 saturated carbocycles. The number of hydrogen-bond donors (Lipinski definition) is 1. The monoisotopic (exact) mass is 174 g/mol. The molecule has 1 unspecified atom stereocenters. The lowest BCUT2D eigenvalue weighted by molar-refractivity contribution is -0.116. The molecule has 0 saturated heterocycles. The summed E-state index contributed by atoms with van der Waals surface area (Å²) in [6.45, 7) is 8.37. The molecule has 0 spiro atoms. The third-order valence-electron chi connectivity index (χ3n) is 2.26. The molecule has 0 radical (unpaired) electrons. The summed E-state index contributed by atoms with van der Waals surface area (Å²) in [5, 5.41) is 0.0364. The standard InChI is InChI=1S/C9H18OS/c1-5-7(4)8(6(2)3)9(10)11/h6-8H,5H2,1-4H3,(H,10,11)/t7-,8?/m0/s1. The van der Waals surface area contributed by atoms with Gasteiger partial charge in [-0.1, -0.05) is 34.1 Å². The van der Waals surface area contributed by atoms with Crippen LogP contribution in [-0.4, -0.2) is 5.12 Å². The highest BCUT2D eigenvalue weighted by atomic mass is 32.1. The first kappa shape index (κ1) is 11.0. The van der Waals surface area contributed by atoms with Gasteiger partial charge in [0, 0.05) is 5.92 Å². The fourth-order valence-corrected chi connectivity index (χ4v) is 1.99. The minimum absolute atomic E-state index is 0.0364. The Bertz CT molecular complexity index is 132. The van der Waals surface area contributed by atoms with Crippen LogP contribution in [0.15, 0.2) is 0 Å². The largest absolute Gasteiger partial charge is 0.287 e. The van der Waals surface area contributed by atoms with Crippen molar-refractivity contribution >= 4 is 17.7 Å². The van der Waals surface area contributed by atoms with Crippen molar-refractivity contribution in [1.82, 2.24) is 0 Å². The van der Waals surface area contributed by atoms with Crippen molar-refractivity contribution in [2.45, 2.75) is 34.1 Å². The highest BCUT2D eigenvalue weighted by Crippen LogP contribution is 2.25. The molecule has 66 valence electrons. The van der Waals surface area contributed by atoms with E-state index in [0.717, 1.165) is 6.42 Å². The van der Waals surface area contributed by atoms with E-state index in [0.29, 0.717) is 11.8 Å². The second-order valence-electron chi connectivity index (χ2n) is 3.49. The number of carbonyl (C=O) groups excluding carboxylic acids is 1. The maximum Gasteiger partial charge on any atom is 0.189 e. The Morgan fingerprint density at radius 2 is 1.82 bits per heavy atom. The number of hydrogen-bond acceptors (Lipinski definition) is 1. The predicted octanol–water partition coefficient (Wildman–Crippen LogP) is 2.76. The highest BCUT2D eigenvalue weighted by Gasteiger charge is 2.24. The molecule has 0 heterocycles. The number of carbonyl (C=O) groups is 1.